The molecule has 1 atom stereocenters. The molecule has 23 heavy (non-hydrogen) atoms. The predicted molar refractivity (Wildman–Crippen MR) is 104 cm³/mol. The van der Waals surface area contributed by atoms with Crippen LogP contribution in [-0.2, 0) is 0 Å². The molecule has 0 aromatic heterocycles. The molecule has 0 aliphatic rings. The highest BCUT2D eigenvalue weighted by molar-refractivity contribution is 4.64. The van der Waals surface area contributed by atoms with E-state index in [0.717, 1.165) is 52.1 Å². The fourth-order valence-corrected chi connectivity index (χ4v) is 2.95. The Balaban J connectivity index is 3.53. The van der Waals surface area contributed by atoms with E-state index in [1.807, 2.05) is 0 Å². The van der Waals surface area contributed by atoms with Crippen molar-refractivity contribution >= 4 is 0 Å². The number of hydrogen-bond acceptors (Lipinski definition) is 4. The van der Waals surface area contributed by atoms with E-state index in [0.29, 0.717) is 6.04 Å². The Morgan fingerprint density at radius 2 is 1.35 bits per heavy atom. The van der Waals surface area contributed by atoms with Crippen LogP contribution in [0.5, 0.6) is 0 Å². The van der Waals surface area contributed by atoms with Crippen molar-refractivity contribution in [2.24, 2.45) is 11.5 Å². The predicted octanol–water partition coefficient (Wildman–Crippen LogP) is 3.10. The Labute approximate surface area is 145 Å². The molecule has 5 N–H and O–H groups in total. The number of nitrogens with zero attached hydrogens (tertiary/aromatic N) is 1. The van der Waals surface area contributed by atoms with Crippen LogP contribution in [0.15, 0.2) is 0 Å². The van der Waals surface area contributed by atoms with E-state index < -0.39 is 0 Å². The van der Waals surface area contributed by atoms with Crippen molar-refractivity contribution in [1.29, 1.82) is 0 Å². The van der Waals surface area contributed by atoms with Crippen LogP contribution in [0.4, 0.5) is 0 Å². The third-order valence-electron chi connectivity index (χ3n) is 4.49. The lowest BCUT2D eigenvalue weighted by Gasteiger charge is -2.22. The van der Waals surface area contributed by atoms with Crippen molar-refractivity contribution in [2.75, 3.05) is 39.3 Å². The van der Waals surface area contributed by atoms with Gasteiger partial charge in [-0.05, 0) is 71.9 Å². The highest BCUT2D eigenvalue weighted by Crippen LogP contribution is 2.08. The van der Waals surface area contributed by atoms with E-state index in [-0.39, 0.29) is 0 Å². The molecule has 4 nitrogen and oxygen atoms in total. The molecule has 0 spiro atoms. The van der Waals surface area contributed by atoms with Crippen molar-refractivity contribution in [3.8, 4) is 0 Å². The van der Waals surface area contributed by atoms with Crippen molar-refractivity contribution in [3.05, 3.63) is 0 Å². The fraction of sp³-hybridized carbons (Fsp3) is 1.00. The van der Waals surface area contributed by atoms with Crippen LogP contribution in [-0.4, -0.2) is 50.2 Å². The Morgan fingerprint density at radius 1 is 0.783 bits per heavy atom. The van der Waals surface area contributed by atoms with Gasteiger partial charge in [-0.15, -0.1) is 0 Å². The second-order valence-corrected chi connectivity index (χ2v) is 6.89. The zero-order valence-corrected chi connectivity index (χ0v) is 16.0. The molecule has 0 bridgehead atoms. The summed E-state index contributed by atoms with van der Waals surface area (Å²) in [5.74, 6) is 0. The molecule has 0 heterocycles. The van der Waals surface area contributed by atoms with E-state index in [9.17, 15) is 0 Å². The summed E-state index contributed by atoms with van der Waals surface area (Å²) in [4.78, 5) is 2.51. The zero-order valence-electron chi connectivity index (χ0n) is 16.0. The van der Waals surface area contributed by atoms with Crippen molar-refractivity contribution < 1.29 is 0 Å². The topological polar surface area (TPSA) is 67.3 Å². The Morgan fingerprint density at radius 3 is 1.96 bits per heavy atom. The summed E-state index contributed by atoms with van der Waals surface area (Å²) in [7, 11) is 0. The summed E-state index contributed by atoms with van der Waals surface area (Å²) in [5, 5.41) is 3.68. The molecule has 0 aromatic carbocycles. The second-order valence-electron chi connectivity index (χ2n) is 6.89. The van der Waals surface area contributed by atoms with Gasteiger partial charge in [0.25, 0.3) is 0 Å². The molecule has 0 saturated carbocycles. The Hall–Kier alpha value is -0.160. The maximum absolute atomic E-state index is 5.62. The molecule has 140 valence electrons. The largest absolute Gasteiger partial charge is 0.330 e. The van der Waals surface area contributed by atoms with Crippen molar-refractivity contribution in [1.82, 2.24) is 10.2 Å². The molecular formula is C19H44N4. The highest BCUT2D eigenvalue weighted by atomic mass is 15.1. The van der Waals surface area contributed by atoms with E-state index in [1.165, 1.54) is 51.4 Å². The molecule has 0 radical (unpaired) electrons. The van der Waals surface area contributed by atoms with Gasteiger partial charge in [-0.2, -0.15) is 0 Å². The number of rotatable bonds is 18. The molecule has 0 fully saturated rings. The summed E-state index contributed by atoms with van der Waals surface area (Å²) in [6.45, 7) is 10.7. The number of hydrogen-bond donors (Lipinski definition) is 3. The molecule has 0 rings (SSSR count). The minimum absolute atomic E-state index is 0.655. The van der Waals surface area contributed by atoms with Crippen LogP contribution in [0.1, 0.15) is 78.1 Å². The first-order valence-electron chi connectivity index (χ1n) is 10.1. The molecule has 0 aliphatic heterocycles. The third kappa shape index (κ3) is 16.5. The first-order chi connectivity index (χ1) is 11.2. The van der Waals surface area contributed by atoms with Gasteiger partial charge < -0.3 is 21.7 Å². The zero-order chi connectivity index (χ0) is 17.2. The minimum atomic E-state index is 0.655. The van der Waals surface area contributed by atoms with Crippen LogP contribution < -0.4 is 16.8 Å². The smallest absolute Gasteiger partial charge is 0.00387 e. The fourth-order valence-electron chi connectivity index (χ4n) is 2.95. The van der Waals surface area contributed by atoms with Crippen LogP contribution >= 0.6 is 0 Å². The highest BCUT2D eigenvalue weighted by Gasteiger charge is 2.05. The van der Waals surface area contributed by atoms with Crippen molar-refractivity contribution in [3.63, 3.8) is 0 Å². The lowest BCUT2D eigenvalue weighted by Crippen LogP contribution is -2.33. The first-order valence-corrected chi connectivity index (χ1v) is 10.1. The van der Waals surface area contributed by atoms with E-state index in [2.05, 4.69) is 24.1 Å². The van der Waals surface area contributed by atoms with Gasteiger partial charge in [-0.1, -0.05) is 45.4 Å². The lowest BCUT2D eigenvalue weighted by molar-refractivity contribution is 0.264. The van der Waals surface area contributed by atoms with Gasteiger partial charge in [-0.25, -0.2) is 0 Å². The summed E-state index contributed by atoms with van der Waals surface area (Å²) >= 11 is 0. The Bertz CT molecular complexity index is 215. The molecule has 4 heteroatoms. The van der Waals surface area contributed by atoms with Crippen LogP contribution in [0.25, 0.3) is 0 Å². The lowest BCUT2D eigenvalue weighted by atomic mass is 10.1. The average Bonchev–Trinajstić information content (AvgIpc) is 2.56. The average molecular weight is 329 g/mol. The van der Waals surface area contributed by atoms with Gasteiger partial charge >= 0.3 is 0 Å². The van der Waals surface area contributed by atoms with E-state index in [1.54, 1.807) is 0 Å². The van der Waals surface area contributed by atoms with Gasteiger partial charge in [-0.3, -0.25) is 0 Å². The maximum atomic E-state index is 5.62. The SMILES string of the molecule is CCCCCCCCC(C)NCCCN(CCCN)CCCN. The van der Waals surface area contributed by atoms with Crippen LogP contribution in [0.3, 0.4) is 0 Å². The monoisotopic (exact) mass is 328 g/mol. The summed E-state index contributed by atoms with van der Waals surface area (Å²) in [6, 6.07) is 0.655. The van der Waals surface area contributed by atoms with Gasteiger partial charge in [0.15, 0.2) is 0 Å². The standard InChI is InChI=1S/C19H44N4/c1-3-4-5-6-7-8-12-19(2)22-15-11-18-23(16-9-13-20)17-10-14-21/h19,22H,3-18,20-21H2,1-2H3. The Kier molecular flexibility index (Phi) is 18.1. The third-order valence-corrected chi connectivity index (χ3v) is 4.49. The summed E-state index contributed by atoms with van der Waals surface area (Å²) in [5.41, 5.74) is 11.2. The molecule has 1 unspecified atom stereocenters. The van der Waals surface area contributed by atoms with Gasteiger partial charge in [0.05, 0.1) is 0 Å². The number of unbranched alkanes of at least 4 members (excludes halogenated alkanes) is 5. The molecule has 0 amide bonds. The normalized spacial score (nSPS) is 12.9. The maximum Gasteiger partial charge on any atom is 0.00387 e. The number of nitrogens with two attached hydrogens (primary N) is 2. The second kappa shape index (κ2) is 18.2. The van der Waals surface area contributed by atoms with Crippen LogP contribution in [0.2, 0.25) is 0 Å². The van der Waals surface area contributed by atoms with Gasteiger partial charge in [0.2, 0.25) is 0 Å². The van der Waals surface area contributed by atoms with Gasteiger partial charge in [0, 0.05) is 6.04 Å². The number of nitrogens with one attached hydrogen (secondary N) is 1. The summed E-state index contributed by atoms with van der Waals surface area (Å²) < 4.78 is 0. The van der Waals surface area contributed by atoms with Crippen molar-refractivity contribution in [2.45, 2.75) is 84.1 Å². The minimum Gasteiger partial charge on any atom is -0.330 e. The molecule has 0 saturated heterocycles. The van der Waals surface area contributed by atoms with Crippen LogP contribution in [0, 0.1) is 0 Å². The quantitative estimate of drug-likeness (QED) is 0.338. The van der Waals surface area contributed by atoms with Gasteiger partial charge in [0.1, 0.15) is 0 Å². The molecular weight excluding hydrogens is 284 g/mol. The summed E-state index contributed by atoms with van der Waals surface area (Å²) in [6.07, 6.45) is 13.1. The van der Waals surface area contributed by atoms with E-state index >= 15 is 0 Å². The van der Waals surface area contributed by atoms with E-state index in [4.69, 9.17) is 11.5 Å². The first kappa shape index (κ1) is 22.8. The molecule has 0 aliphatic carbocycles. The molecule has 0 aromatic rings.